The van der Waals surface area contributed by atoms with E-state index >= 15 is 0 Å². The lowest BCUT2D eigenvalue weighted by Crippen LogP contribution is -2.45. The second-order valence-electron chi connectivity index (χ2n) is 5.75. The molecule has 1 heterocycles. The predicted molar refractivity (Wildman–Crippen MR) is 92.6 cm³/mol. The van der Waals surface area contributed by atoms with Crippen LogP contribution >= 0.6 is 0 Å². The molecule has 2 aromatic carbocycles. The average Bonchev–Trinajstić information content (AvgIpc) is 2.92. The zero-order chi connectivity index (χ0) is 19.4. The van der Waals surface area contributed by atoms with Crippen LogP contribution in [0.25, 0.3) is 0 Å². The van der Waals surface area contributed by atoms with Gasteiger partial charge in [-0.25, -0.2) is 4.79 Å². The van der Waals surface area contributed by atoms with Crippen molar-refractivity contribution in [1.29, 1.82) is 0 Å². The van der Waals surface area contributed by atoms with Gasteiger partial charge in [-0.2, -0.15) is 0 Å². The third kappa shape index (κ3) is 3.95. The molecule has 0 spiro atoms. The number of imide groups is 1. The van der Waals surface area contributed by atoms with Gasteiger partial charge in [0.05, 0.1) is 11.1 Å². The summed E-state index contributed by atoms with van der Waals surface area (Å²) in [6, 6.07) is 13.8. The van der Waals surface area contributed by atoms with Gasteiger partial charge < -0.3 is 14.9 Å². The van der Waals surface area contributed by atoms with E-state index in [4.69, 9.17) is 9.57 Å². The third-order valence-corrected chi connectivity index (χ3v) is 3.78. The van der Waals surface area contributed by atoms with Crippen LogP contribution < -0.4 is 10.1 Å². The van der Waals surface area contributed by atoms with Crippen molar-refractivity contribution in [1.82, 2.24) is 10.4 Å². The molecule has 0 bridgehead atoms. The van der Waals surface area contributed by atoms with Gasteiger partial charge in [0.2, 0.25) is 0 Å². The maximum Gasteiger partial charge on any atom is 0.354 e. The van der Waals surface area contributed by atoms with Gasteiger partial charge in [-0.1, -0.05) is 35.4 Å². The summed E-state index contributed by atoms with van der Waals surface area (Å²) in [7, 11) is 0. The lowest BCUT2D eigenvalue weighted by Gasteiger charge is -2.17. The monoisotopic (exact) mass is 368 g/mol. The number of hydrogen-bond donors (Lipinski definition) is 1. The van der Waals surface area contributed by atoms with E-state index in [0.717, 1.165) is 0 Å². The molecule has 1 atom stereocenters. The molecule has 0 fully saturated rings. The molecule has 27 heavy (non-hydrogen) atoms. The highest BCUT2D eigenvalue weighted by molar-refractivity contribution is 6.20. The molecule has 3 rings (SSSR count). The smallest absolute Gasteiger partial charge is 0.354 e. The summed E-state index contributed by atoms with van der Waals surface area (Å²) in [4.78, 5) is 53.2. The Labute approximate surface area is 154 Å². The van der Waals surface area contributed by atoms with E-state index in [1.54, 1.807) is 36.4 Å². The van der Waals surface area contributed by atoms with Crippen molar-refractivity contribution >= 4 is 23.7 Å². The Kier molecular flexibility index (Phi) is 5.16. The lowest BCUT2D eigenvalue weighted by molar-refractivity contribution is -0.171. The summed E-state index contributed by atoms with van der Waals surface area (Å²) in [6.07, 6.45) is 0. The average molecular weight is 368 g/mol. The minimum Gasteiger partial charge on any atom is -0.484 e. The summed E-state index contributed by atoms with van der Waals surface area (Å²) in [5, 5.41) is 2.79. The number of carbonyl (C=O) groups is 4. The van der Waals surface area contributed by atoms with Crippen molar-refractivity contribution < 1.29 is 28.8 Å². The van der Waals surface area contributed by atoms with Crippen molar-refractivity contribution in [2.75, 3.05) is 6.61 Å². The molecule has 1 unspecified atom stereocenters. The third-order valence-electron chi connectivity index (χ3n) is 3.78. The topological polar surface area (TPSA) is 102 Å². The highest BCUT2D eigenvalue weighted by atomic mass is 16.7. The molecule has 138 valence electrons. The summed E-state index contributed by atoms with van der Waals surface area (Å²) < 4.78 is 5.28. The molecule has 1 aliphatic rings. The minimum absolute atomic E-state index is 0.156. The normalized spacial score (nSPS) is 13.7. The predicted octanol–water partition coefficient (Wildman–Crippen LogP) is 1.32. The molecule has 3 amide bonds. The van der Waals surface area contributed by atoms with Crippen LogP contribution in [-0.2, 0) is 14.4 Å². The van der Waals surface area contributed by atoms with Gasteiger partial charge >= 0.3 is 5.97 Å². The van der Waals surface area contributed by atoms with E-state index in [1.165, 1.54) is 19.1 Å². The van der Waals surface area contributed by atoms with E-state index in [9.17, 15) is 19.2 Å². The van der Waals surface area contributed by atoms with E-state index in [2.05, 4.69) is 5.32 Å². The van der Waals surface area contributed by atoms with Gasteiger partial charge in [0, 0.05) is 0 Å². The number of hydroxylamine groups is 2. The fourth-order valence-electron chi connectivity index (χ4n) is 2.43. The maximum absolute atomic E-state index is 12.2. The number of para-hydroxylation sites is 1. The number of nitrogens with zero attached hydrogens (tertiary/aromatic N) is 1. The second-order valence-corrected chi connectivity index (χ2v) is 5.75. The molecular weight excluding hydrogens is 352 g/mol. The number of nitrogens with one attached hydrogen (secondary N) is 1. The molecule has 0 aromatic heterocycles. The molecule has 0 radical (unpaired) electrons. The number of rotatable bonds is 6. The van der Waals surface area contributed by atoms with Crippen molar-refractivity contribution in [3.8, 4) is 5.75 Å². The van der Waals surface area contributed by atoms with Gasteiger partial charge in [-0.15, -0.1) is 0 Å². The quantitative estimate of drug-likeness (QED) is 0.772. The molecule has 1 aliphatic heterocycles. The van der Waals surface area contributed by atoms with Crippen LogP contribution in [0.1, 0.15) is 27.6 Å². The van der Waals surface area contributed by atoms with Crippen LogP contribution in [0.15, 0.2) is 54.6 Å². The van der Waals surface area contributed by atoms with Crippen LogP contribution in [0.4, 0.5) is 0 Å². The molecule has 8 nitrogen and oxygen atoms in total. The molecule has 0 saturated carbocycles. The first-order valence-electron chi connectivity index (χ1n) is 8.14. The number of ether oxygens (including phenoxy) is 1. The first kappa shape index (κ1) is 18.1. The molecule has 2 aromatic rings. The Bertz CT molecular complexity index is 861. The zero-order valence-corrected chi connectivity index (χ0v) is 14.4. The lowest BCUT2D eigenvalue weighted by atomic mass is 10.1. The summed E-state index contributed by atoms with van der Waals surface area (Å²) in [6.45, 7) is 1.08. The number of hydrogen-bond acceptors (Lipinski definition) is 6. The van der Waals surface area contributed by atoms with Crippen LogP contribution in [0.3, 0.4) is 0 Å². The van der Waals surface area contributed by atoms with Gasteiger partial charge in [-0.05, 0) is 31.2 Å². The van der Waals surface area contributed by atoms with Crippen molar-refractivity contribution in [2.45, 2.75) is 13.0 Å². The Morgan fingerprint density at radius 2 is 1.52 bits per heavy atom. The van der Waals surface area contributed by atoms with Crippen LogP contribution in [0.2, 0.25) is 0 Å². The first-order chi connectivity index (χ1) is 13.0. The standard InChI is InChI=1S/C19H16N2O6/c1-12(20-16(22)11-26-13-7-3-2-4-8-13)19(25)27-21-17(23)14-9-5-6-10-15(14)18(21)24/h2-10,12H,11H2,1H3,(H,20,22). The van der Waals surface area contributed by atoms with Gasteiger partial charge in [0.15, 0.2) is 6.61 Å². The largest absolute Gasteiger partial charge is 0.484 e. The number of carbonyl (C=O) groups excluding carboxylic acids is 4. The van der Waals surface area contributed by atoms with E-state index < -0.39 is 29.7 Å². The SMILES string of the molecule is CC(NC(=O)COc1ccccc1)C(=O)ON1C(=O)c2ccccc2C1=O. The van der Waals surface area contributed by atoms with Crippen molar-refractivity contribution in [3.05, 3.63) is 65.7 Å². The van der Waals surface area contributed by atoms with Gasteiger partial charge in [0.25, 0.3) is 17.7 Å². The molecule has 0 saturated heterocycles. The Morgan fingerprint density at radius 3 is 2.11 bits per heavy atom. The Morgan fingerprint density at radius 1 is 0.963 bits per heavy atom. The fraction of sp³-hybridized carbons (Fsp3) is 0.158. The number of benzene rings is 2. The molecular formula is C19H16N2O6. The van der Waals surface area contributed by atoms with E-state index in [1.807, 2.05) is 6.07 Å². The van der Waals surface area contributed by atoms with Crippen LogP contribution in [0, 0.1) is 0 Å². The second kappa shape index (κ2) is 7.69. The Hall–Kier alpha value is -3.68. The Balaban J connectivity index is 1.53. The highest BCUT2D eigenvalue weighted by Gasteiger charge is 2.39. The van der Waals surface area contributed by atoms with E-state index in [-0.39, 0.29) is 17.7 Å². The highest BCUT2D eigenvalue weighted by Crippen LogP contribution is 2.22. The number of fused-ring (bicyclic) bond motifs is 1. The van der Waals surface area contributed by atoms with Gasteiger partial charge in [-0.3, -0.25) is 14.4 Å². The maximum atomic E-state index is 12.2. The van der Waals surface area contributed by atoms with E-state index in [0.29, 0.717) is 10.8 Å². The van der Waals surface area contributed by atoms with Crippen LogP contribution in [0.5, 0.6) is 5.75 Å². The minimum atomic E-state index is -1.08. The summed E-state index contributed by atoms with van der Waals surface area (Å²) >= 11 is 0. The molecule has 8 heteroatoms. The van der Waals surface area contributed by atoms with Crippen molar-refractivity contribution in [2.24, 2.45) is 0 Å². The summed E-state index contributed by atoms with van der Waals surface area (Å²) in [5.74, 6) is -2.44. The van der Waals surface area contributed by atoms with Crippen LogP contribution in [-0.4, -0.2) is 41.4 Å². The molecule has 0 aliphatic carbocycles. The first-order valence-corrected chi connectivity index (χ1v) is 8.14. The molecule has 1 N–H and O–H groups in total. The fourth-order valence-corrected chi connectivity index (χ4v) is 2.43. The van der Waals surface area contributed by atoms with Crippen molar-refractivity contribution in [3.63, 3.8) is 0 Å². The number of amides is 3. The summed E-state index contributed by atoms with van der Waals surface area (Å²) in [5.41, 5.74) is 0.312. The zero-order valence-electron chi connectivity index (χ0n) is 14.4. The van der Waals surface area contributed by atoms with Gasteiger partial charge in [0.1, 0.15) is 11.8 Å².